The van der Waals surface area contributed by atoms with E-state index in [1.807, 2.05) is 54.1 Å². The summed E-state index contributed by atoms with van der Waals surface area (Å²) in [7, 11) is 1.69. The molecule has 24 heavy (non-hydrogen) atoms. The minimum Gasteiger partial charge on any atom is -0.496 e. The Kier molecular flexibility index (Phi) is 3.69. The monoisotopic (exact) mass is 339 g/mol. The molecular formula is C19H18ClN3O. The summed E-state index contributed by atoms with van der Waals surface area (Å²) in [6, 6.07) is 14.0. The molecule has 0 saturated carbocycles. The Hall–Kier alpha value is -2.46. The van der Waals surface area contributed by atoms with Crippen molar-refractivity contribution in [1.29, 1.82) is 0 Å². The number of ether oxygens (including phenoxy) is 1. The van der Waals surface area contributed by atoms with Gasteiger partial charge in [-0.3, -0.25) is 0 Å². The Morgan fingerprint density at radius 3 is 2.83 bits per heavy atom. The highest BCUT2D eigenvalue weighted by atomic mass is 35.5. The molecule has 3 aromatic rings. The highest BCUT2D eigenvalue weighted by molar-refractivity contribution is 6.31. The molecule has 1 N–H and O–H groups in total. The Labute approximate surface area is 146 Å². The van der Waals surface area contributed by atoms with Crippen molar-refractivity contribution in [3.8, 4) is 22.7 Å². The molecule has 2 aromatic carbocycles. The molecule has 0 unspecified atom stereocenters. The normalized spacial score (nSPS) is 12.8. The first-order chi connectivity index (χ1) is 11.7. The van der Waals surface area contributed by atoms with Crippen molar-refractivity contribution < 1.29 is 4.74 Å². The van der Waals surface area contributed by atoms with Crippen LogP contribution < -0.4 is 10.1 Å². The SMILES string of the molecule is COc1ccccc1-c1nn(-c2ccc(C)c(Cl)c2)c2c1CCN2. The molecule has 4 rings (SSSR count). The van der Waals surface area contributed by atoms with Gasteiger partial charge in [-0.2, -0.15) is 5.10 Å². The van der Waals surface area contributed by atoms with E-state index in [1.165, 1.54) is 5.56 Å². The number of benzene rings is 2. The summed E-state index contributed by atoms with van der Waals surface area (Å²) in [5.74, 6) is 1.87. The molecule has 1 aromatic heterocycles. The maximum absolute atomic E-state index is 6.30. The minimum absolute atomic E-state index is 0.744. The highest BCUT2D eigenvalue weighted by Crippen LogP contribution is 2.38. The molecule has 122 valence electrons. The van der Waals surface area contributed by atoms with Crippen LogP contribution in [-0.4, -0.2) is 23.4 Å². The first-order valence-electron chi connectivity index (χ1n) is 7.94. The van der Waals surface area contributed by atoms with E-state index in [1.54, 1.807) is 7.11 Å². The molecule has 0 spiro atoms. The number of para-hydroxylation sites is 1. The number of rotatable bonds is 3. The fourth-order valence-corrected chi connectivity index (χ4v) is 3.31. The van der Waals surface area contributed by atoms with Gasteiger partial charge in [0.05, 0.1) is 12.8 Å². The van der Waals surface area contributed by atoms with Gasteiger partial charge in [-0.25, -0.2) is 4.68 Å². The first kappa shape index (κ1) is 15.1. The first-order valence-corrected chi connectivity index (χ1v) is 8.32. The van der Waals surface area contributed by atoms with Gasteiger partial charge in [-0.1, -0.05) is 29.8 Å². The van der Waals surface area contributed by atoms with Crippen molar-refractivity contribution in [2.75, 3.05) is 19.0 Å². The number of aromatic nitrogens is 2. The maximum atomic E-state index is 6.30. The van der Waals surface area contributed by atoms with Gasteiger partial charge in [0.2, 0.25) is 0 Å². The molecule has 2 heterocycles. The number of fused-ring (bicyclic) bond motifs is 1. The second-order valence-corrected chi connectivity index (χ2v) is 6.31. The van der Waals surface area contributed by atoms with Crippen molar-refractivity contribution in [3.63, 3.8) is 0 Å². The topological polar surface area (TPSA) is 39.1 Å². The predicted molar refractivity (Wildman–Crippen MR) is 97.5 cm³/mol. The second-order valence-electron chi connectivity index (χ2n) is 5.90. The molecule has 0 radical (unpaired) electrons. The zero-order valence-corrected chi connectivity index (χ0v) is 14.4. The van der Waals surface area contributed by atoms with Crippen molar-refractivity contribution in [3.05, 3.63) is 58.6 Å². The van der Waals surface area contributed by atoms with Crippen LogP contribution in [0, 0.1) is 6.92 Å². The molecule has 0 aliphatic carbocycles. The van der Waals surface area contributed by atoms with Crippen LogP contribution >= 0.6 is 11.6 Å². The van der Waals surface area contributed by atoms with Crippen LogP contribution in [0.2, 0.25) is 5.02 Å². The van der Waals surface area contributed by atoms with Gasteiger partial charge in [0.25, 0.3) is 0 Å². The molecule has 0 atom stereocenters. The van der Waals surface area contributed by atoms with Crippen LogP contribution in [0.5, 0.6) is 5.75 Å². The Balaban J connectivity index is 1.91. The van der Waals surface area contributed by atoms with E-state index in [4.69, 9.17) is 21.4 Å². The predicted octanol–water partition coefficient (Wildman–Crippen LogP) is 4.48. The summed E-state index contributed by atoms with van der Waals surface area (Å²) >= 11 is 6.30. The molecule has 0 fully saturated rings. The fraction of sp³-hybridized carbons (Fsp3) is 0.211. The van der Waals surface area contributed by atoms with Crippen LogP contribution in [0.4, 0.5) is 5.82 Å². The third-order valence-corrected chi connectivity index (χ3v) is 4.82. The van der Waals surface area contributed by atoms with Gasteiger partial charge >= 0.3 is 0 Å². The van der Waals surface area contributed by atoms with Crippen molar-refractivity contribution in [1.82, 2.24) is 9.78 Å². The van der Waals surface area contributed by atoms with Crippen LogP contribution in [0.25, 0.3) is 16.9 Å². The molecular weight excluding hydrogens is 322 g/mol. The summed E-state index contributed by atoms with van der Waals surface area (Å²) in [4.78, 5) is 0. The second kappa shape index (κ2) is 5.87. The van der Waals surface area contributed by atoms with Gasteiger partial charge in [0, 0.05) is 22.7 Å². The number of anilines is 1. The lowest BCUT2D eigenvalue weighted by Crippen LogP contribution is -2.04. The molecule has 0 saturated heterocycles. The average Bonchev–Trinajstić information content (AvgIpc) is 3.20. The summed E-state index contributed by atoms with van der Waals surface area (Å²) in [5.41, 5.74) is 5.21. The number of methoxy groups -OCH3 is 1. The van der Waals surface area contributed by atoms with Crippen molar-refractivity contribution in [2.45, 2.75) is 13.3 Å². The fourth-order valence-electron chi connectivity index (χ4n) is 3.13. The van der Waals surface area contributed by atoms with Crippen LogP contribution in [0.1, 0.15) is 11.1 Å². The summed E-state index contributed by atoms with van der Waals surface area (Å²) in [5, 5.41) is 9.06. The van der Waals surface area contributed by atoms with E-state index < -0.39 is 0 Å². The maximum Gasteiger partial charge on any atom is 0.133 e. The largest absolute Gasteiger partial charge is 0.496 e. The Morgan fingerprint density at radius 1 is 1.21 bits per heavy atom. The smallest absolute Gasteiger partial charge is 0.133 e. The van der Waals surface area contributed by atoms with Gasteiger partial charge in [-0.05, 0) is 43.2 Å². The van der Waals surface area contributed by atoms with Gasteiger partial charge in [0.15, 0.2) is 0 Å². The standard InChI is InChI=1S/C19H18ClN3O/c1-12-7-8-13(11-16(12)20)23-19-15(9-10-21-19)18(22-23)14-5-3-4-6-17(14)24-2/h3-8,11,21H,9-10H2,1-2H3. The van der Waals surface area contributed by atoms with Gasteiger partial charge < -0.3 is 10.1 Å². The molecule has 4 nitrogen and oxygen atoms in total. The zero-order valence-electron chi connectivity index (χ0n) is 13.6. The number of hydrogen-bond donors (Lipinski definition) is 1. The summed E-state index contributed by atoms with van der Waals surface area (Å²) < 4.78 is 7.46. The number of aryl methyl sites for hydroxylation is 1. The van der Waals surface area contributed by atoms with Gasteiger partial charge in [-0.15, -0.1) is 0 Å². The van der Waals surface area contributed by atoms with Crippen LogP contribution in [0.3, 0.4) is 0 Å². The highest BCUT2D eigenvalue weighted by Gasteiger charge is 2.25. The van der Waals surface area contributed by atoms with E-state index >= 15 is 0 Å². The van der Waals surface area contributed by atoms with Gasteiger partial charge in [0.1, 0.15) is 17.3 Å². The van der Waals surface area contributed by atoms with E-state index in [9.17, 15) is 0 Å². The molecule has 1 aliphatic heterocycles. The third kappa shape index (κ3) is 2.34. The van der Waals surface area contributed by atoms with E-state index in [0.29, 0.717) is 0 Å². The third-order valence-electron chi connectivity index (χ3n) is 4.41. The molecule has 5 heteroatoms. The summed E-state index contributed by atoms with van der Waals surface area (Å²) in [6.45, 7) is 2.91. The Bertz CT molecular complexity index is 917. The quantitative estimate of drug-likeness (QED) is 0.764. The molecule has 0 bridgehead atoms. The number of hydrogen-bond acceptors (Lipinski definition) is 3. The van der Waals surface area contributed by atoms with Crippen LogP contribution in [0.15, 0.2) is 42.5 Å². The number of halogens is 1. The molecule has 1 aliphatic rings. The molecule has 0 amide bonds. The summed E-state index contributed by atoms with van der Waals surface area (Å²) in [6.07, 6.45) is 0.947. The van der Waals surface area contributed by atoms with Crippen molar-refractivity contribution >= 4 is 17.4 Å². The van der Waals surface area contributed by atoms with E-state index in [0.717, 1.165) is 52.1 Å². The van der Waals surface area contributed by atoms with E-state index in [2.05, 4.69) is 5.32 Å². The lowest BCUT2D eigenvalue weighted by atomic mass is 10.1. The lowest BCUT2D eigenvalue weighted by molar-refractivity contribution is 0.416. The van der Waals surface area contributed by atoms with Crippen LogP contribution in [-0.2, 0) is 6.42 Å². The Morgan fingerprint density at radius 2 is 2.04 bits per heavy atom. The number of nitrogens with one attached hydrogen (secondary N) is 1. The lowest BCUT2D eigenvalue weighted by Gasteiger charge is -2.08. The minimum atomic E-state index is 0.744. The number of nitrogens with zero attached hydrogens (tertiary/aromatic N) is 2. The zero-order chi connectivity index (χ0) is 16.7. The van der Waals surface area contributed by atoms with E-state index in [-0.39, 0.29) is 0 Å². The van der Waals surface area contributed by atoms with Crippen molar-refractivity contribution in [2.24, 2.45) is 0 Å². The average molecular weight is 340 g/mol.